The Kier molecular flexibility index (Phi) is 4.65. The van der Waals surface area contributed by atoms with Crippen molar-refractivity contribution in [2.24, 2.45) is 5.73 Å². The summed E-state index contributed by atoms with van der Waals surface area (Å²) in [5.41, 5.74) is 8.67. The molecule has 2 unspecified atom stereocenters. The molecular weight excluding hydrogens is 250 g/mol. The summed E-state index contributed by atoms with van der Waals surface area (Å²) in [5.74, 6) is 1.81. The van der Waals surface area contributed by atoms with Crippen LogP contribution in [0, 0.1) is 6.92 Å². The van der Waals surface area contributed by atoms with Crippen LogP contribution in [0.2, 0.25) is 0 Å². The topological polar surface area (TPSA) is 57.0 Å². The Hall–Kier alpha value is -1.55. The molecule has 0 bridgehead atoms. The monoisotopic (exact) mass is 275 g/mol. The number of rotatable bonds is 6. The third-order valence-corrected chi connectivity index (χ3v) is 3.78. The normalized spacial score (nSPS) is 14.4. The highest BCUT2D eigenvalue weighted by Crippen LogP contribution is 2.26. The number of nitrogens with zero attached hydrogens (tertiary/aromatic N) is 2. The summed E-state index contributed by atoms with van der Waals surface area (Å²) in [6.45, 7) is 8.33. The van der Waals surface area contributed by atoms with Crippen molar-refractivity contribution in [3.8, 4) is 0 Å². The van der Waals surface area contributed by atoms with Gasteiger partial charge in [0, 0.05) is 11.7 Å². The largest absolute Gasteiger partial charge is 0.464 e. The average Bonchev–Trinajstić information content (AvgIpc) is 3.05. The predicted octanol–water partition coefficient (Wildman–Crippen LogP) is 3.24. The minimum absolute atomic E-state index is 0.00421. The second-order valence-corrected chi connectivity index (χ2v) is 5.24. The Balaban J connectivity index is 2.48. The van der Waals surface area contributed by atoms with Crippen molar-refractivity contribution in [3.63, 3.8) is 0 Å². The van der Waals surface area contributed by atoms with Crippen LogP contribution >= 0.6 is 0 Å². The molecule has 0 aliphatic carbocycles. The fourth-order valence-electron chi connectivity index (χ4n) is 2.52. The molecule has 2 aromatic rings. The third kappa shape index (κ3) is 2.80. The lowest BCUT2D eigenvalue weighted by atomic mass is 10.0. The predicted molar refractivity (Wildman–Crippen MR) is 80.8 cm³/mol. The molecule has 0 spiro atoms. The van der Waals surface area contributed by atoms with Gasteiger partial charge in [-0.15, -0.1) is 0 Å². The minimum Gasteiger partial charge on any atom is -0.464 e. The van der Waals surface area contributed by atoms with Gasteiger partial charge < -0.3 is 10.2 Å². The van der Waals surface area contributed by atoms with Crippen LogP contribution in [-0.2, 0) is 12.8 Å². The molecule has 0 aliphatic heterocycles. The van der Waals surface area contributed by atoms with E-state index in [4.69, 9.17) is 15.2 Å². The maximum absolute atomic E-state index is 6.34. The van der Waals surface area contributed by atoms with Crippen molar-refractivity contribution >= 4 is 0 Å². The van der Waals surface area contributed by atoms with Crippen LogP contribution < -0.4 is 5.73 Å². The zero-order chi connectivity index (χ0) is 14.7. The maximum atomic E-state index is 6.34. The second kappa shape index (κ2) is 6.27. The molecule has 0 radical (unpaired) electrons. The number of aryl methyl sites for hydroxylation is 3. The Labute approximate surface area is 121 Å². The van der Waals surface area contributed by atoms with Crippen molar-refractivity contribution in [1.29, 1.82) is 0 Å². The van der Waals surface area contributed by atoms with Crippen LogP contribution in [0.15, 0.2) is 22.6 Å². The van der Waals surface area contributed by atoms with Gasteiger partial charge >= 0.3 is 0 Å². The molecule has 0 aliphatic rings. The molecule has 0 saturated heterocycles. The average molecular weight is 275 g/mol. The van der Waals surface area contributed by atoms with Crippen LogP contribution in [0.3, 0.4) is 0 Å². The van der Waals surface area contributed by atoms with Crippen molar-refractivity contribution in [1.82, 2.24) is 9.78 Å². The zero-order valence-corrected chi connectivity index (χ0v) is 12.9. The molecule has 0 saturated carbocycles. The molecule has 4 heteroatoms. The quantitative estimate of drug-likeness (QED) is 0.880. The molecule has 0 amide bonds. The molecule has 2 aromatic heterocycles. The highest BCUT2D eigenvalue weighted by molar-refractivity contribution is 5.18. The van der Waals surface area contributed by atoms with E-state index in [2.05, 4.69) is 31.5 Å². The summed E-state index contributed by atoms with van der Waals surface area (Å²) in [6, 6.07) is 6.15. The fraction of sp³-hybridized carbons (Fsp3) is 0.562. The van der Waals surface area contributed by atoms with Crippen molar-refractivity contribution in [2.75, 3.05) is 0 Å². The first-order valence-electron chi connectivity index (χ1n) is 7.49. The molecule has 20 heavy (non-hydrogen) atoms. The van der Waals surface area contributed by atoms with Gasteiger partial charge in [-0.1, -0.05) is 20.8 Å². The first kappa shape index (κ1) is 14.9. The molecule has 2 N–H and O–H groups in total. The van der Waals surface area contributed by atoms with Crippen LogP contribution in [0.1, 0.15) is 56.1 Å². The van der Waals surface area contributed by atoms with E-state index >= 15 is 0 Å². The van der Waals surface area contributed by atoms with E-state index in [-0.39, 0.29) is 12.1 Å². The standard InChI is InChI=1S/C16H25N3O/c1-5-12-10-13(6-2)19(18-12)16(14(17)7-3)15-9-8-11(4)20-15/h8-10,14,16H,5-7,17H2,1-4H3. The Bertz CT molecular complexity index is 556. The molecule has 0 fully saturated rings. The number of hydrogen-bond donors (Lipinski definition) is 1. The fourth-order valence-corrected chi connectivity index (χ4v) is 2.52. The lowest BCUT2D eigenvalue weighted by Gasteiger charge is -2.23. The summed E-state index contributed by atoms with van der Waals surface area (Å²) in [4.78, 5) is 0. The molecule has 110 valence electrons. The number of aromatic nitrogens is 2. The SMILES string of the molecule is CCc1cc(CC)n(C(c2ccc(C)o2)C(N)CC)n1. The van der Waals surface area contributed by atoms with Crippen LogP contribution in [0.25, 0.3) is 0 Å². The van der Waals surface area contributed by atoms with Crippen molar-refractivity contribution in [3.05, 3.63) is 41.1 Å². The van der Waals surface area contributed by atoms with Crippen LogP contribution in [0.5, 0.6) is 0 Å². The third-order valence-electron chi connectivity index (χ3n) is 3.78. The van der Waals surface area contributed by atoms with Gasteiger partial charge in [-0.2, -0.15) is 5.10 Å². The van der Waals surface area contributed by atoms with Crippen LogP contribution in [-0.4, -0.2) is 15.8 Å². The van der Waals surface area contributed by atoms with Crippen molar-refractivity contribution < 1.29 is 4.42 Å². The number of nitrogens with two attached hydrogens (primary N) is 1. The second-order valence-electron chi connectivity index (χ2n) is 5.24. The lowest BCUT2D eigenvalue weighted by molar-refractivity contribution is 0.338. The number of furan rings is 1. The summed E-state index contributed by atoms with van der Waals surface area (Å²) in [5, 5.41) is 4.73. The molecule has 4 nitrogen and oxygen atoms in total. The highest BCUT2D eigenvalue weighted by atomic mass is 16.3. The molecule has 0 aromatic carbocycles. The van der Waals surface area contributed by atoms with Gasteiger partial charge in [-0.25, -0.2) is 0 Å². The number of hydrogen-bond acceptors (Lipinski definition) is 3. The highest BCUT2D eigenvalue weighted by Gasteiger charge is 2.26. The minimum atomic E-state index is -0.0241. The molecule has 2 heterocycles. The molecular formula is C16H25N3O. The zero-order valence-electron chi connectivity index (χ0n) is 12.9. The Morgan fingerprint density at radius 1 is 1.25 bits per heavy atom. The van der Waals surface area contributed by atoms with E-state index in [0.29, 0.717) is 0 Å². The summed E-state index contributed by atoms with van der Waals surface area (Å²) in [7, 11) is 0. The first-order valence-corrected chi connectivity index (χ1v) is 7.49. The van der Waals surface area contributed by atoms with Gasteiger partial charge in [0.15, 0.2) is 0 Å². The van der Waals surface area contributed by atoms with Gasteiger partial charge in [0.1, 0.15) is 17.6 Å². The van der Waals surface area contributed by atoms with Gasteiger partial charge in [0.25, 0.3) is 0 Å². The van der Waals surface area contributed by atoms with Gasteiger partial charge in [-0.3, -0.25) is 4.68 Å². The van der Waals surface area contributed by atoms with Crippen LogP contribution in [0.4, 0.5) is 0 Å². The van der Waals surface area contributed by atoms with Gasteiger partial charge in [0.05, 0.1) is 5.69 Å². The van der Waals surface area contributed by atoms with E-state index in [0.717, 1.165) is 36.5 Å². The molecule has 2 rings (SSSR count). The van der Waals surface area contributed by atoms with Crippen molar-refractivity contribution in [2.45, 2.75) is 59.0 Å². The Morgan fingerprint density at radius 3 is 2.50 bits per heavy atom. The van der Waals surface area contributed by atoms with E-state index in [1.807, 2.05) is 19.1 Å². The maximum Gasteiger partial charge on any atom is 0.130 e. The van der Waals surface area contributed by atoms with E-state index in [1.165, 1.54) is 5.69 Å². The first-order chi connectivity index (χ1) is 9.60. The van der Waals surface area contributed by atoms with Gasteiger partial charge in [0.2, 0.25) is 0 Å². The molecule has 2 atom stereocenters. The van der Waals surface area contributed by atoms with Gasteiger partial charge in [-0.05, 0) is 44.4 Å². The Morgan fingerprint density at radius 2 is 2.00 bits per heavy atom. The lowest BCUT2D eigenvalue weighted by Crippen LogP contribution is -2.33. The smallest absolute Gasteiger partial charge is 0.130 e. The summed E-state index contributed by atoms with van der Waals surface area (Å²) < 4.78 is 7.89. The van der Waals surface area contributed by atoms with E-state index in [9.17, 15) is 0 Å². The summed E-state index contributed by atoms with van der Waals surface area (Å²) >= 11 is 0. The van der Waals surface area contributed by atoms with E-state index in [1.54, 1.807) is 0 Å². The summed E-state index contributed by atoms with van der Waals surface area (Å²) in [6.07, 6.45) is 2.76. The van der Waals surface area contributed by atoms with E-state index < -0.39 is 0 Å².